The predicted octanol–water partition coefficient (Wildman–Crippen LogP) is 2.50. The molecule has 1 fully saturated rings. The van der Waals surface area contributed by atoms with Crippen molar-refractivity contribution in [2.24, 2.45) is 5.92 Å². The SMILES string of the molecule is C=CCNC(=S)NNC(=O)c1ccc(NC(=O)C2CCCCC2)cc1. The normalized spacial score (nSPS) is 14.2. The van der Waals surface area contributed by atoms with E-state index in [2.05, 4.69) is 28.1 Å². The van der Waals surface area contributed by atoms with E-state index in [4.69, 9.17) is 12.2 Å². The van der Waals surface area contributed by atoms with Gasteiger partial charge in [0.15, 0.2) is 5.11 Å². The lowest BCUT2D eigenvalue weighted by Gasteiger charge is -2.20. The third-order valence-corrected chi connectivity index (χ3v) is 4.33. The quantitative estimate of drug-likeness (QED) is 0.368. The number of carbonyl (C=O) groups is 2. The van der Waals surface area contributed by atoms with E-state index in [1.165, 1.54) is 6.42 Å². The van der Waals surface area contributed by atoms with E-state index in [1.807, 2.05) is 0 Å². The highest BCUT2D eigenvalue weighted by atomic mass is 32.1. The molecule has 0 saturated heterocycles. The van der Waals surface area contributed by atoms with Gasteiger partial charge in [-0.2, -0.15) is 0 Å². The first-order chi connectivity index (χ1) is 12.1. The van der Waals surface area contributed by atoms with E-state index in [9.17, 15) is 9.59 Å². The fourth-order valence-corrected chi connectivity index (χ4v) is 2.84. The summed E-state index contributed by atoms with van der Waals surface area (Å²) in [4.78, 5) is 24.3. The summed E-state index contributed by atoms with van der Waals surface area (Å²) in [6.45, 7) is 4.08. The second kappa shape index (κ2) is 9.78. The maximum absolute atomic E-state index is 12.2. The van der Waals surface area contributed by atoms with E-state index >= 15 is 0 Å². The molecule has 1 aromatic rings. The summed E-state index contributed by atoms with van der Waals surface area (Å²) < 4.78 is 0. The molecule has 0 bridgehead atoms. The standard InChI is InChI=1S/C18H24N4O2S/c1-2-12-19-18(25)22-21-17(24)14-8-10-15(11-9-14)20-16(23)13-6-4-3-5-7-13/h2,8-11,13H,1,3-7,12H2,(H,20,23)(H,21,24)(H2,19,22,25). The van der Waals surface area contributed by atoms with Crippen LogP contribution in [0.1, 0.15) is 42.5 Å². The van der Waals surface area contributed by atoms with Crippen LogP contribution in [0.4, 0.5) is 5.69 Å². The van der Waals surface area contributed by atoms with Crippen LogP contribution in [0.25, 0.3) is 0 Å². The van der Waals surface area contributed by atoms with Gasteiger partial charge in [-0.25, -0.2) is 0 Å². The number of benzene rings is 1. The van der Waals surface area contributed by atoms with E-state index in [0.717, 1.165) is 25.7 Å². The van der Waals surface area contributed by atoms with E-state index in [0.29, 0.717) is 22.9 Å². The molecule has 7 heteroatoms. The molecule has 4 N–H and O–H groups in total. The third-order valence-electron chi connectivity index (χ3n) is 4.09. The zero-order chi connectivity index (χ0) is 18.1. The van der Waals surface area contributed by atoms with Gasteiger partial charge in [0, 0.05) is 23.7 Å². The minimum absolute atomic E-state index is 0.0669. The molecular weight excluding hydrogens is 336 g/mol. The van der Waals surface area contributed by atoms with Gasteiger partial charge < -0.3 is 10.6 Å². The van der Waals surface area contributed by atoms with Gasteiger partial charge in [0.05, 0.1) is 0 Å². The smallest absolute Gasteiger partial charge is 0.269 e. The van der Waals surface area contributed by atoms with Crippen molar-refractivity contribution in [3.63, 3.8) is 0 Å². The molecule has 0 atom stereocenters. The van der Waals surface area contributed by atoms with Crippen LogP contribution in [0, 0.1) is 5.92 Å². The van der Waals surface area contributed by atoms with Crippen molar-refractivity contribution in [3.05, 3.63) is 42.5 Å². The molecule has 134 valence electrons. The molecule has 0 radical (unpaired) electrons. The molecule has 1 aliphatic rings. The maximum Gasteiger partial charge on any atom is 0.269 e. The number of hydrazine groups is 1. The molecule has 6 nitrogen and oxygen atoms in total. The molecule has 0 spiro atoms. The van der Waals surface area contributed by atoms with Gasteiger partial charge in [-0.05, 0) is 49.3 Å². The first kappa shape index (κ1) is 18.9. The zero-order valence-corrected chi connectivity index (χ0v) is 15.0. The third kappa shape index (κ3) is 6.19. The summed E-state index contributed by atoms with van der Waals surface area (Å²) in [7, 11) is 0. The number of amides is 2. The Kier molecular flexibility index (Phi) is 7.40. The number of hydrogen-bond acceptors (Lipinski definition) is 3. The zero-order valence-electron chi connectivity index (χ0n) is 14.1. The van der Waals surface area contributed by atoms with Crippen molar-refractivity contribution in [1.82, 2.24) is 16.2 Å². The Hall–Kier alpha value is -2.41. The highest BCUT2D eigenvalue weighted by Gasteiger charge is 2.21. The number of thiocarbonyl (C=S) groups is 1. The largest absolute Gasteiger partial charge is 0.358 e. The molecule has 0 heterocycles. The Labute approximate surface area is 153 Å². The predicted molar refractivity (Wildman–Crippen MR) is 103 cm³/mol. The summed E-state index contributed by atoms with van der Waals surface area (Å²) in [5, 5.41) is 6.08. The first-order valence-corrected chi connectivity index (χ1v) is 8.87. The fourth-order valence-electron chi connectivity index (χ4n) is 2.71. The van der Waals surface area contributed by atoms with Crippen molar-refractivity contribution in [2.75, 3.05) is 11.9 Å². The molecule has 1 aromatic carbocycles. The van der Waals surface area contributed by atoms with Gasteiger partial charge in [0.2, 0.25) is 5.91 Å². The minimum Gasteiger partial charge on any atom is -0.358 e. The van der Waals surface area contributed by atoms with Gasteiger partial charge >= 0.3 is 0 Å². The van der Waals surface area contributed by atoms with Gasteiger partial charge in [-0.15, -0.1) is 6.58 Å². The Balaban J connectivity index is 1.82. The van der Waals surface area contributed by atoms with Crippen LogP contribution in [-0.4, -0.2) is 23.5 Å². The molecule has 0 aliphatic heterocycles. The second-order valence-corrected chi connectivity index (χ2v) is 6.39. The van der Waals surface area contributed by atoms with E-state index < -0.39 is 0 Å². The fraction of sp³-hybridized carbons (Fsp3) is 0.389. The molecule has 2 amide bonds. The lowest BCUT2D eigenvalue weighted by molar-refractivity contribution is -0.120. The van der Waals surface area contributed by atoms with E-state index in [1.54, 1.807) is 30.3 Å². The average molecular weight is 360 g/mol. The van der Waals surface area contributed by atoms with Crippen molar-refractivity contribution in [3.8, 4) is 0 Å². The molecule has 0 aromatic heterocycles. The van der Waals surface area contributed by atoms with E-state index in [-0.39, 0.29) is 17.7 Å². The Morgan fingerprint density at radius 1 is 1.12 bits per heavy atom. The molecular formula is C18H24N4O2S. The van der Waals surface area contributed by atoms with Crippen LogP contribution in [0.5, 0.6) is 0 Å². The summed E-state index contributed by atoms with van der Waals surface area (Å²) in [6, 6.07) is 6.77. The van der Waals surface area contributed by atoms with Gasteiger partial charge in [-0.1, -0.05) is 25.3 Å². The average Bonchev–Trinajstić information content (AvgIpc) is 2.65. The Morgan fingerprint density at radius 2 is 1.80 bits per heavy atom. The number of hydrogen-bond donors (Lipinski definition) is 4. The van der Waals surface area contributed by atoms with Gasteiger partial charge in [-0.3, -0.25) is 20.4 Å². The highest BCUT2D eigenvalue weighted by Crippen LogP contribution is 2.25. The Bertz CT molecular complexity index is 624. The monoisotopic (exact) mass is 360 g/mol. The van der Waals surface area contributed by atoms with Crippen LogP contribution in [0.15, 0.2) is 36.9 Å². The van der Waals surface area contributed by atoms with Crippen LogP contribution >= 0.6 is 12.2 Å². The Morgan fingerprint density at radius 3 is 2.44 bits per heavy atom. The van der Waals surface area contributed by atoms with Crippen molar-refractivity contribution in [1.29, 1.82) is 0 Å². The number of anilines is 1. The topological polar surface area (TPSA) is 82.3 Å². The summed E-state index contributed by atoms with van der Waals surface area (Å²) in [6.07, 6.45) is 7.03. The first-order valence-electron chi connectivity index (χ1n) is 8.46. The lowest BCUT2D eigenvalue weighted by atomic mass is 9.88. The molecule has 1 saturated carbocycles. The van der Waals surface area contributed by atoms with Gasteiger partial charge in [0.1, 0.15) is 0 Å². The van der Waals surface area contributed by atoms with Crippen LogP contribution in [0.3, 0.4) is 0 Å². The van der Waals surface area contributed by atoms with Crippen molar-refractivity contribution >= 4 is 34.8 Å². The van der Waals surface area contributed by atoms with Gasteiger partial charge in [0.25, 0.3) is 5.91 Å². The van der Waals surface area contributed by atoms with Crippen LogP contribution in [0.2, 0.25) is 0 Å². The molecule has 1 aliphatic carbocycles. The highest BCUT2D eigenvalue weighted by molar-refractivity contribution is 7.80. The van der Waals surface area contributed by atoms with Crippen LogP contribution < -0.4 is 21.5 Å². The summed E-state index contributed by atoms with van der Waals surface area (Å²) >= 11 is 4.99. The molecule has 25 heavy (non-hydrogen) atoms. The molecule has 0 unspecified atom stereocenters. The minimum atomic E-state index is -0.312. The molecule has 2 rings (SSSR count). The number of rotatable bonds is 5. The number of carbonyl (C=O) groups excluding carboxylic acids is 2. The summed E-state index contributed by atoms with van der Waals surface area (Å²) in [5.74, 6) is -0.143. The van der Waals surface area contributed by atoms with Crippen LogP contribution in [-0.2, 0) is 4.79 Å². The summed E-state index contributed by atoms with van der Waals surface area (Å²) in [5.41, 5.74) is 6.28. The number of nitrogens with one attached hydrogen (secondary N) is 4. The lowest BCUT2D eigenvalue weighted by Crippen LogP contribution is -2.46. The van der Waals surface area contributed by atoms with Crippen molar-refractivity contribution in [2.45, 2.75) is 32.1 Å². The van der Waals surface area contributed by atoms with Crippen molar-refractivity contribution < 1.29 is 9.59 Å². The maximum atomic E-state index is 12.2. The second-order valence-electron chi connectivity index (χ2n) is 5.98.